The molecule has 0 saturated heterocycles. The second kappa shape index (κ2) is 12.0. The average Bonchev–Trinajstić information content (AvgIpc) is 3.62. The van der Waals surface area contributed by atoms with Crippen molar-refractivity contribution < 1.29 is 18.6 Å². The molecule has 0 aliphatic carbocycles. The van der Waals surface area contributed by atoms with Gasteiger partial charge < -0.3 is 14.2 Å². The Balaban J connectivity index is 1.35. The number of halogens is 1. The number of nitrogens with zero attached hydrogens (tertiary/aromatic N) is 7. The smallest absolute Gasteiger partial charge is 0.204 e. The first kappa shape index (κ1) is 28.1. The number of methoxy groups -OCH3 is 2. The van der Waals surface area contributed by atoms with E-state index in [9.17, 15) is 4.39 Å². The quantitative estimate of drug-likeness (QED) is 0.157. The first-order valence-corrected chi connectivity index (χ1v) is 13.8. The highest BCUT2D eigenvalue weighted by Gasteiger charge is 2.32. The number of thioether (sulfide) groups is 1. The van der Waals surface area contributed by atoms with Crippen LogP contribution in [0.25, 0.3) is 17.1 Å². The van der Waals surface area contributed by atoms with Gasteiger partial charge in [-0.1, -0.05) is 17.8 Å². The molecule has 0 spiro atoms. The van der Waals surface area contributed by atoms with Crippen molar-refractivity contribution in [1.29, 1.82) is 0 Å². The van der Waals surface area contributed by atoms with Crippen molar-refractivity contribution in [2.45, 2.75) is 24.4 Å². The number of benzene rings is 3. The van der Waals surface area contributed by atoms with Gasteiger partial charge in [-0.15, -0.1) is 20.4 Å². The lowest BCUT2D eigenvalue weighted by atomic mass is 9.83. The topological polar surface area (TPSA) is 102 Å². The van der Waals surface area contributed by atoms with Crippen LogP contribution in [0.5, 0.6) is 17.2 Å². The lowest BCUT2D eigenvalue weighted by Crippen LogP contribution is -2.24. The second-order valence-electron chi connectivity index (χ2n) is 9.64. The van der Waals surface area contributed by atoms with Gasteiger partial charge in [0.25, 0.3) is 0 Å². The van der Waals surface area contributed by atoms with Crippen molar-refractivity contribution in [3.63, 3.8) is 0 Å². The van der Waals surface area contributed by atoms with Gasteiger partial charge in [0.05, 0.1) is 33.3 Å². The van der Waals surface area contributed by atoms with Gasteiger partial charge in [-0.05, 0) is 85.3 Å². The molecule has 5 aromatic rings. The zero-order chi connectivity index (χ0) is 29.0. The molecule has 0 bridgehead atoms. The molecule has 0 unspecified atom stereocenters. The number of aryl methyl sites for hydroxylation is 1. The molecule has 0 saturated carbocycles. The third-order valence-corrected chi connectivity index (χ3v) is 7.48. The Hall–Kier alpha value is -4.45. The van der Waals surface area contributed by atoms with Gasteiger partial charge in [-0.25, -0.2) is 4.39 Å². The summed E-state index contributed by atoms with van der Waals surface area (Å²) in [6.07, 6.45) is 0. The molecule has 0 aliphatic heterocycles. The molecule has 0 aliphatic rings. The zero-order valence-corrected chi connectivity index (χ0v) is 24.2. The predicted molar refractivity (Wildman–Crippen MR) is 153 cm³/mol. The zero-order valence-electron chi connectivity index (χ0n) is 23.4. The summed E-state index contributed by atoms with van der Waals surface area (Å²) in [5.74, 6) is 3.56. The first-order valence-electron chi connectivity index (χ1n) is 12.8. The van der Waals surface area contributed by atoms with E-state index in [0.717, 1.165) is 22.6 Å². The second-order valence-corrected chi connectivity index (χ2v) is 10.7. The van der Waals surface area contributed by atoms with Gasteiger partial charge in [0.2, 0.25) is 5.82 Å². The minimum absolute atomic E-state index is 0.314. The van der Waals surface area contributed by atoms with E-state index in [1.54, 1.807) is 33.4 Å². The Morgan fingerprint density at radius 2 is 1.61 bits per heavy atom. The van der Waals surface area contributed by atoms with Crippen LogP contribution in [0.3, 0.4) is 0 Å². The van der Waals surface area contributed by atoms with E-state index in [1.807, 2.05) is 47.0 Å². The number of tetrazole rings is 1. The maximum absolute atomic E-state index is 13.8. The summed E-state index contributed by atoms with van der Waals surface area (Å²) in [5, 5.41) is 21.9. The van der Waals surface area contributed by atoms with Crippen molar-refractivity contribution in [2.75, 3.05) is 26.6 Å². The van der Waals surface area contributed by atoms with Gasteiger partial charge >= 0.3 is 0 Å². The van der Waals surface area contributed by atoms with E-state index in [4.69, 9.17) is 14.2 Å². The lowest BCUT2D eigenvalue weighted by Gasteiger charge is -2.26. The lowest BCUT2D eigenvalue weighted by molar-refractivity contribution is 0.344. The first-order chi connectivity index (χ1) is 19.8. The van der Waals surface area contributed by atoms with Crippen LogP contribution in [0.15, 0.2) is 71.9 Å². The molecule has 212 valence electrons. The predicted octanol–water partition coefficient (Wildman–Crippen LogP) is 5.11. The van der Waals surface area contributed by atoms with E-state index < -0.39 is 5.41 Å². The SMILES string of the molecule is COc1ccc(C(C)(C)c2nnc(SCCOc3ccc(-c4nnn(C)n4)cc3)n2-c2ccc(F)cc2)cc1OC. The number of hydrogen-bond acceptors (Lipinski definition) is 9. The Morgan fingerprint density at radius 1 is 0.878 bits per heavy atom. The summed E-state index contributed by atoms with van der Waals surface area (Å²) in [5.41, 5.74) is 2.01. The van der Waals surface area contributed by atoms with Crippen molar-refractivity contribution in [3.05, 3.63) is 83.9 Å². The molecule has 5 rings (SSSR count). The Morgan fingerprint density at radius 3 is 2.27 bits per heavy atom. The summed E-state index contributed by atoms with van der Waals surface area (Å²) < 4.78 is 32.7. The molecular weight excluding hydrogens is 545 g/mol. The van der Waals surface area contributed by atoms with Crippen LogP contribution in [0.4, 0.5) is 4.39 Å². The standard InChI is InChI=1S/C29H30FN7O3S/c1-29(2,20-8-15-24(38-4)25(18-20)39-5)27-32-33-28(37(27)22-11-9-21(30)10-12-22)41-17-16-40-23-13-6-19(7-14-23)26-31-35-36(3)34-26/h6-15,18H,16-17H2,1-5H3. The molecule has 10 nitrogen and oxygen atoms in total. The van der Waals surface area contributed by atoms with Crippen LogP contribution in [-0.4, -0.2) is 61.6 Å². The van der Waals surface area contributed by atoms with Gasteiger partial charge in [0.1, 0.15) is 17.4 Å². The Bertz CT molecular complexity index is 1620. The largest absolute Gasteiger partial charge is 0.493 e. The molecule has 0 atom stereocenters. The maximum atomic E-state index is 13.8. The number of rotatable bonds is 11. The third kappa shape index (κ3) is 6.02. The Labute approximate surface area is 241 Å². The molecule has 0 N–H and O–H groups in total. The Kier molecular flexibility index (Phi) is 8.20. The van der Waals surface area contributed by atoms with Gasteiger partial charge in [0.15, 0.2) is 16.7 Å². The van der Waals surface area contributed by atoms with Crippen molar-refractivity contribution in [2.24, 2.45) is 7.05 Å². The number of hydrogen-bond donors (Lipinski definition) is 0. The van der Waals surface area contributed by atoms with Gasteiger partial charge in [-0.3, -0.25) is 4.57 Å². The van der Waals surface area contributed by atoms with Crippen molar-refractivity contribution >= 4 is 11.8 Å². The fourth-order valence-electron chi connectivity index (χ4n) is 4.34. The summed E-state index contributed by atoms with van der Waals surface area (Å²) in [6.45, 7) is 4.57. The normalized spacial score (nSPS) is 11.5. The average molecular weight is 576 g/mol. The molecule has 0 radical (unpaired) electrons. The van der Waals surface area contributed by atoms with Crippen molar-refractivity contribution in [1.82, 2.24) is 35.0 Å². The van der Waals surface area contributed by atoms with E-state index in [1.165, 1.54) is 28.7 Å². The minimum Gasteiger partial charge on any atom is -0.493 e. The van der Waals surface area contributed by atoms with E-state index in [0.29, 0.717) is 40.7 Å². The van der Waals surface area contributed by atoms with Gasteiger partial charge in [-0.2, -0.15) is 4.80 Å². The molecule has 3 aromatic carbocycles. The monoisotopic (exact) mass is 575 g/mol. The summed E-state index contributed by atoms with van der Waals surface area (Å²) in [7, 11) is 4.94. The summed E-state index contributed by atoms with van der Waals surface area (Å²) in [6, 6.07) is 19.6. The highest BCUT2D eigenvalue weighted by molar-refractivity contribution is 7.99. The van der Waals surface area contributed by atoms with Gasteiger partial charge in [0, 0.05) is 17.0 Å². The molecule has 0 amide bonds. The molecule has 2 aromatic heterocycles. The fourth-order valence-corrected chi connectivity index (χ4v) is 5.11. The maximum Gasteiger partial charge on any atom is 0.204 e. The molecule has 0 fully saturated rings. The molecule has 2 heterocycles. The summed E-state index contributed by atoms with van der Waals surface area (Å²) in [4.78, 5) is 1.42. The van der Waals surface area contributed by atoms with Crippen LogP contribution in [0.2, 0.25) is 0 Å². The molecule has 12 heteroatoms. The third-order valence-electron chi connectivity index (χ3n) is 6.59. The van der Waals surface area contributed by atoms with E-state index in [-0.39, 0.29) is 5.82 Å². The van der Waals surface area contributed by atoms with Crippen LogP contribution < -0.4 is 14.2 Å². The van der Waals surface area contributed by atoms with Crippen LogP contribution in [0, 0.1) is 5.82 Å². The van der Waals surface area contributed by atoms with Crippen LogP contribution in [-0.2, 0) is 12.5 Å². The molecule has 41 heavy (non-hydrogen) atoms. The van der Waals surface area contributed by atoms with E-state index >= 15 is 0 Å². The summed E-state index contributed by atoms with van der Waals surface area (Å²) >= 11 is 1.51. The fraction of sp³-hybridized carbons (Fsp3) is 0.276. The van der Waals surface area contributed by atoms with E-state index in [2.05, 4.69) is 39.5 Å². The van der Waals surface area contributed by atoms with Crippen LogP contribution >= 0.6 is 11.8 Å². The van der Waals surface area contributed by atoms with Crippen LogP contribution in [0.1, 0.15) is 25.2 Å². The minimum atomic E-state index is -0.573. The highest BCUT2D eigenvalue weighted by atomic mass is 32.2. The number of aromatic nitrogens is 7. The number of ether oxygens (including phenoxy) is 3. The highest BCUT2D eigenvalue weighted by Crippen LogP contribution is 2.38. The van der Waals surface area contributed by atoms with Crippen molar-refractivity contribution in [3.8, 4) is 34.3 Å². The molecular formula is C29H30FN7O3S.